The van der Waals surface area contributed by atoms with Crippen LogP contribution in [-0.4, -0.2) is 283 Å². The maximum Gasteiger partial charge on any atom is 0.321 e. The lowest BCUT2D eigenvalue weighted by Gasteiger charge is -2.35. The maximum atomic E-state index is 14.8. The molecule has 1 saturated heterocycles. The number of carboxylic acid groups (broad SMARTS) is 4. The summed E-state index contributed by atoms with van der Waals surface area (Å²) in [4.78, 5) is 227. The number of imidazole rings is 1. The number of thioether (sulfide) groups is 1. The van der Waals surface area contributed by atoms with Crippen LogP contribution in [0.3, 0.4) is 0 Å². The van der Waals surface area contributed by atoms with Gasteiger partial charge >= 0.3 is 23.9 Å². The molecule has 604 valence electrons. The molecule has 0 aliphatic carbocycles. The average Bonchev–Trinajstić information content (AvgIpc) is 1.71. The highest BCUT2D eigenvalue weighted by Gasteiger charge is 2.40. The van der Waals surface area contributed by atoms with Gasteiger partial charge in [0, 0.05) is 106 Å². The van der Waals surface area contributed by atoms with Crippen LogP contribution in [-0.2, 0) is 84.8 Å². The number of benzene rings is 2. The van der Waals surface area contributed by atoms with Crippen molar-refractivity contribution in [1.29, 1.82) is 0 Å². The molecule has 1 aliphatic rings. The SMILES string of the molecule is CC/C(C)=C(\NC(=O)[C@H](Cc1c[nH]cn1)NC(=O)CNC(=O)[C@@H](NC(=O)C(C)NC(=O)C(C)(Cc1c[nH]c2ccccc12)NC(=O)/C(=C\CC(N)=O)NC(=O)c1ccc(NC(=O)CNC(=O)CC(C(=O)O)N2CCN(CC(=O)O)CCN(CC(=O)O)CCN(CC(=O)O)CC2)cc1)C(C)C)C(=O)N[C@@H](CCSC)C(N)=O. The van der Waals surface area contributed by atoms with E-state index in [2.05, 4.69) is 68.1 Å². The first kappa shape index (κ1) is 90.0. The van der Waals surface area contributed by atoms with E-state index in [1.165, 1.54) is 82.0 Å². The molecule has 0 spiro atoms. The number of carbonyl (C=O) groups excluding carboxylic acids is 12. The number of H-pyrrole nitrogens is 2. The second kappa shape index (κ2) is 44.1. The van der Waals surface area contributed by atoms with Crippen LogP contribution in [0.2, 0.25) is 0 Å². The van der Waals surface area contributed by atoms with Gasteiger partial charge in [0.05, 0.1) is 51.2 Å². The molecular weight excluding hydrogens is 1470 g/mol. The molecule has 0 radical (unpaired) electrons. The number of primary amides is 2. The molecule has 2 aromatic carbocycles. The number of aromatic amines is 2. The Kier molecular flexibility index (Phi) is 35.8. The topological polar surface area (TPSA) is 584 Å². The first-order valence-electron chi connectivity index (χ1n) is 35.4. The van der Waals surface area contributed by atoms with E-state index in [4.69, 9.17) is 11.5 Å². The second-order valence-corrected chi connectivity index (χ2v) is 27.8. The number of carboxylic acids is 4. The standard InChI is InChI=1S/C71H99N19O20S/c1-8-41(4)61(68(107)82-49(62(73)101)19-28-111-7)85-65(104)51(29-46-33-74-39-78-46)81-56(94)35-77-67(106)60(40(2)3)84-63(102)42(5)79-70(110)71(6,31-44-32-75-48-12-10-9-11-47(44)48)86-66(105)50(17-18-53(72)91)83-64(103)43-13-15-45(16-14-43)80-55(93)34-76-54(92)30-52(69(108)109)90-26-24-88(37-58(97)98)22-20-87(36-57(95)96)21-23-89(25-27-90)38-59(99)100/h9-17,32-33,39-40,42,49,51-52,60,75H,8,18-31,34-38H2,1-7H3,(H2,72,91)(H2,73,101)(H,74,78)(H,76,92)(H,77,106)(H,79,110)(H,80,93)(H,81,94)(H,82,107)(H,83,103)(H,84,102)(H,85,104)(H,86,105)(H,95,96)(H,97,98)(H,99,100)(H,108,109)/b50-17+,61-41-/t42?,49-,51-,52?,60-,71?/m0/s1. The Morgan fingerprint density at radius 2 is 1.27 bits per heavy atom. The fourth-order valence-corrected chi connectivity index (χ4v) is 11.9. The highest BCUT2D eigenvalue weighted by atomic mass is 32.2. The van der Waals surface area contributed by atoms with E-state index in [9.17, 15) is 97.1 Å². The van der Waals surface area contributed by atoms with E-state index < -0.39 is 188 Å². The van der Waals surface area contributed by atoms with Crippen molar-refractivity contribution in [3.05, 3.63) is 107 Å². The highest BCUT2D eigenvalue weighted by Crippen LogP contribution is 2.24. The summed E-state index contributed by atoms with van der Waals surface area (Å²) >= 11 is 1.43. The van der Waals surface area contributed by atoms with Crippen LogP contribution < -0.4 is 64.6 Å². The Labute approximate surface area is 642 Å². The third kappa shape index (κ3) is 30.1. The molecule has 39 nitrogen and oxygen atoms in total. The van der Waals surface area contributed by atoms with E-state index in [1.807, 2.05) is 6.26 Å². The molecule has 3 heterocycles. The summed E-state index contributed by atoms with van der Waals surface area (Å²) in [5.74, 6) is -15.8. The van der Waals surface area contributed by atoms with Crippen LogP contribution in [0.25, 0.3) is 10.9 Å². The van der Waals surface area contributed by atoms with Crippen molar-refractivity contribution in [2.75, 3.05) is 102 Å². The van der Waals surface area contributed by atoms with Crippen molar-refractivity contribution in [3.63, 3.8) is 0 Å². The Hall–Kier alpha value is -11.6. The number of fused-ring (bicyclic) bond motifs is 1. The number of amides is 12. The quantitative estimate of drug-likeness (QED) is 0.0196. The van der Waals surface area contributed by atoms with Gasteiger partial charge in [-0.25, -0.2) is 4.98 Å². The number of anilines is 1. The smallest absolute Gasteiger partial charge is 0.321 e. The maximum absolute atomic E-state index is 14.8. The van der Waals surface area contributed by atoms with Crippen LogP contribution >= 0.6 is 11.8 Å². The number of nitrogens with zero attached hydrogens (tertiary/aromatic N) is 5. The van der Waals surface area contributed by atoms with Crippen molar-refractivity contribution < 1.29 is 97.1 Å². The molecule has 0 saturated carbocycles. The van der Waals surface area contributed by atoms with Crippen LogP contribution in [0, 0.1) is 5.92 Å². The zero-order valence-electron chi connectivity index (χ0n) is 62.7. The summed E-state index contributed by atoms with van der Waals surface area (Å²) < 4.78 is 0. The highest BCUT2D eigenvalue weighted by molar-refractivity contribution is 7.98. The minimum absolute atomic E-state index is 0.0379. The van der Waals surface area contributed by atoms with Gasteiger partial charge in [0.2, 0.25) is 53.2 Å². The molecule has 40 heteroatoms. The molecule has 12 amide bonds. The fourth-order valence-electron chi connectivity index (χ4n) is 11.5. The third-order valence-electron chi connectivity index (χ3n) is 17.8. The van der Waals surface area contributed by atoms with E-state index in [0.717, 1.165) is 6.08 Å². The Morgan fingerprint density at radius 1 is 0.676 bits per heavy atom. The number of carbonyl (C=O) groups is 16. The summed E-state index contributed by atoms with van der Waals surface area (Å²) in [6.07, 6.45) is 6.01. The van der Waals surface area contributed by atoms with Crippen molar-refractivity contribution in [3.8, 4) is 0 Å². The minimum atomic E-state index is -2.01. The van der Waals surface area contributed by atoms with Gasteiger partial charge in [-0.15, -0.1) is 0 Å². The number of allylic oxidation sites excluding steroid dienone is 1. The molecular formula is C71H99N19O20S. The van der Waals surface area contributed by atoms with Gasteiger partial charge in [-0.05, 0) is 99.1 Å². The Balaban J connectivity index is 1.25. The second-order valence-electron chi connectivity index (χ2n) is 26.8. The molecule has 111 heavy (non-hydrogen) atoms. The number of nitrogens with one attached hydrogen (secondary N) is 12. The molecule has 1 fully saturated rings. The van der Waals surface area contributed by atoms with Crippen LogP contribution in [0.5, 0.6) is 0 Å². The molecule has 6 atom stereocenters. The number of rotatable bonds is 41. The van der Waals surface area contributed by atoms with Gasteiger partial charge in [-0.1, -0.05) is 39.0 Å². The monoisotopic (exact) mass is 1570 g/mol. The van der Waals surface area contributed by atoms with Gasteiger partial charge < -0.3 is 95.0 Å². The number of nitrogens with two attached hydrogens (primary N) is 2. The van der Waals surface area contributed by atoms with Gasteiger partial charge in [-0.3, -0.25) is 96.3 Å². The number of hydrogen-bond acceptors (Lipinski definition) is 22. The van der Waals surface area contributed by atoms with E-state index in [-0.39, 0.29) is 88.6 Å². The third-order valence-corrected chi connectivity index (χ3v) is 18.4. The predicted octanol–water partition coefficient (Wildman–Crippen LogP) is -3.12. The molecule has 4 aromatic rings. The molecule has 1 aliphatic heterocycles. The zero-order valence-corrected chi connectivity index (χ0v) is 63.5. The minimum Gasteiger partial charge on any atom is -0.480 e. The van der Waals surface area contributed by atoms with Gasteiger partial charge in [0.1, 0.15) is 47.1 Å². The summed E-state index contributed by atoms with van der Waals surface area (Å²) in [5.41, 5.74) is 10.2. The van der Waals surface area contributed by atoms with Crippen LogP contribution in [0.15, 0.2) is 90.3 Å². The van der Waals surface area contributed by atoms with Gasteiger partial charge in [0.25, 0.3) is 17.7 Å². The lowest BCUT2D eigenvalue weighted by Crippen LogP contribution is -2.62. The lowest BCUT2D eigenvalue weighted by molar-refractivity contribution is -0.146. The normalized spacial score (nSPS) is 15.6. The van der Waals surface area contributed by atoms with Crippen LogP contribution in [0.4, 0.5) is 5.69 Å². The molecule has 20 N–H and O–H groups in total. The summed E-state index contributed by atoms with van der Waals surface area (Å²) in [6.45, 7) is 6.38. The number of para-hydroxylation sites is 1. The first-order valence-corrected chi connectivity index (χ1v) is 36.8. The number of hydrogen-bond donors (Lipinski definition) is 18. The van der Waals surface area contributed by atoms with E-state index >= 15 is 0 Å². The summed E-state index contributed by atoms with van der Waals surface area (Å²) in [7, 11) is 0. The number of aromatic nitrogens is 3. The molecule has 3 unspecified atom stereocenters. The van der Waals surface area contributed by atoms with Crippen molar-refractivity contribution in [2.24, 2.45) is 17.4 Å². The fraction of sp³-hybridized carbons (Fsp3) is 0.479. The Bertz CT molecular complexity index is 4040. The van der Waals surface area contributed by atoms with E-state index in [0.29, 0.717) is 39.9 Å². The predicted molar refractivity (Wildman–Crippen MR) is 403 cm³/mol. The van der Waals surface area contributed by atoms with Crippen molar-refractivity contribution in [2.45, 2.75) is 116 Å². The zero-order chi connectivity index (χ0) is 82.2. The summed E-state index contributed by atoms with van der Waals surface area (Å²) in [5, 5.41) is 65.0. The van der Waals surface area contributed by atoms with Crippen molar-refractivity contribution >= 4 is 123 Å². The average molecular weight is 1570 g/mol. The van der Waals surface area contributed by atoms with Crippen LogP contribution in [0.1, 0.15) is 88.8 Å². The summed E-state index contributed by atoms with van der Waals surface area (Å²) in [6, 6.07) is 5.31. The van der Waals surface area contributed by atoms with Gasteiger partial charge in [0.15, 0.2) is 0 Å². The van der Waals surface area contributed by atoms with Gasteiger partial charge in [-0.2, -0.15) is 11.8 Å². The lowest BCUT2D eigenvalue weighted by atomic mass is 9.90. The molecule has 5 rings (SSSR count). The Morgan fingerprint density at radius 3 is 1.81 bits per heavy atom. The van der Waals surface area contributed by atoms with Crippen molar-refractivity contribution in [1.82, 2.24) is 82.4 Å². The molecule has 0 bridgehead atoms. The first-order chi connectivity index (χ1) is 52.5. The number of aliphatic carboxylic acids is 4. The largest absolute Gasteiger partial charge is 0.480 e. The van der Waals surface area contributed by atoms with E-state index in [1.54, 1.807) is 58.2 Å². The molecule has 2 aromatic heterocycles.